The number of aliphatic carboxylic acids is 1. The van der Waals surface area contributed by atoms with E-state index in [4.69, 9.17) is 4.74 Å². The van der Waals surface area contributed by atoms with Gasteiger partial charge in [0.1, 0.15) is 5.70 Å². The van der Waals surface area contributed by atoms with E-state index in [9.17, 15) is 19.8 Å². The molecule has 1 unspecified atom stereocenters. The lowest BCUT2D eigenvalue weighted by atomic mass is 9.83. The predicted octanol–water partition coefficient (Wildman–Crippen LogP) is 0.706. The van der Waals surface area contributed by atoms with Gasteiger partial charge in [-0.05, 0) is 25.8 Å². The molecule has 2 N–H and O–H groups in total. The highest BCUT2D eigenvalue weighted by Gasteiger charge is 2.56. The van der Waals surface area contributed by atoms with Crippen LogP contribution in [0.5, 0.6) is 0 Å². The fourth-order valence-corrected chi connectivity index (χ4v) is 3.83. The minimum atomic E-state index is -1.06. The number of amides is 1. The summed E-state index contributed by atoms with van der Waals surface area (Å²) in [5, 5.41) is 19.0. The van der Waals surface area contributed by atoms with Crippen LogP contribution in [0.25, 0.3) is 0 Å². The summed E-state index contributed by atoms with van der Waals surface area (Å²) in [6.07, 6.45) is -0.191. The molecule has 118 valence electrons. The van der Waals surface area contributed by atoms with Crippen molar-refractivity contribution in [1.29, 1.82) is 0 Å². The number of rotatable bonds is 8. The maximum atomic E-state index is 12.0. The van der Waals surface area contributed by atoms with Crippen molar-refractivity contribution in [3.63, 3.8) is 0 Å². The molecule has 2 heterocycles. The molecule has 7 heteroatoms. The fraction of sp³-hybridized carbons (Fsp3) is 0.714. The lowest BCUT2D eigenvalue weighted by Gasteiger charge is -2.44. The second kappa shape index (κ2) is 6.81. The van der Waals surface area contributed by atoms with Gasteiger partial charge in [-0.1, -0.05) is 0 Å². The van der Waals surface area contributed by atoms with E-state index < -0.39 is 18.0 Å². The van der Waals surface area contributed by atoms with E-state index in [1.54, 1.807) is 18.7 Å². The molecule has 6 nitrogen and oxygen atoms in total. The van der Waals surface area contributed by atoms with Crippen LogP contribution in [0.3, 0.4) is 0 Å². The van der Waals surface area contributed by atoms with Gasteiger partial charge in [0.25, 0.3) is 0 Å². The van der Waals surface area contributed by atoms with Crippen LogP contribution in [0.1, 0.15) is 20.3 Å². The molecule has 1 saturated heterocycles. The monoisotopic (exact) mass is 315 g/mol. The molecule has 0 radical (unpaired) electrons. The number of fused-ring (bicyclic) bond motifs is 1. The van der Waals surface area contributed by atoms with Gasteiger partial charge in [0.15, 0.2) is 0 Å². The first-order valence-electron chi connectivity index (χ1n) is 7.11. The number of aliphatic hydroxyl groups excluding tert-OH is 1. The van der Waals surface area contributed by atoms with Gasteiger partial charge in [0.2, 0.25) is 5.91 Å². The molecular weight excluding hydrogens is 294 g/mol. The number of hydrogen-bond donors (Lipinski definition) is 2. The Morgan fingerprint density at radius 2 is 2.29 bits per heavy atom. The molecule has 0 bridgehead atoms. The van der Waals surface area contributed by atoms with E-state index in [2.05, 4.69) is 0 Å². The standard InChI is InChI=1S/C14H21NO5S/c1-3-20-4-5-21-7-9-6-10-11(8(2)16)13(17)15(10)12(9)14(18)19/h8,10-11,16H,3-7H2,1-2H3,(H,18,19)/t8?,10-,11-/m1/s1. The fourth-order valence-electron chi connectivity index (χ4n) is 2.95. The van der Waals surface area contributed by atoms with Gasteiger partial charge in [0.05, 0.1) is 24.7 Å². The van der Waals surface area contributed by atoms with Crippen LogP contribution in [0.2, 0.25) is 0 Å². The molecule has 0 aromatic carbocycles. The topological polar surface area (TPSA) is 87.1 Å². The maximum Gasteiger partial charge on any atom is 0.352 e. The van der Waals surface area contributed by atoms with Gasteiger partial charge in [-0.2, -0.15) is 11.8 Å². The zero-order chi connectivity index (χ0) is 15.6. The molecule has 2 rings (SSSR count). The minimum Gasteiger partial charge on any atom is -0.477 e. The van der Waals surface area contributed by atoms with Gasteiger partial charge in [-0.3, -0.25) is 4.79 Å². The molecule has 0 saturated carbocycles. The van der Waals surface area contributed by atoms with Crippen LogP contribution in [0, 0.1) is 5.92 Å². The molecular formula is C14H21NO5S. The Morgan fingerprint density at radius 3 is 2.86 bits per heavy atom. The largest absolute Gasteiger partial charge is 0.477 e. The summed E-state index contributed by atoms with van der Waals surface area (Å²) in [6.45, 7) is 4.82. The number of nitrogens with zero attached hydrogens (tertiary/aromatic N) is 1. The van der Waals surface area contributed by atoms with Crippen molar-refractivity contribution in [3.05, 3.63) is 11.3 Å². The smallest absolute Gasteiger partial charge is 0.352 e. The van der Waals surface area contributed by atoms with Crippen LogP contribution in [0.15, 0.2) is 11.3 Å². The molecule has 0 aromatic rings. The van der Waals surface area contributed by atoms with E-state index in [0.29, 0.717) is 25.4 Å². The lowest BCUT2D eigenvalue weighted by Crippen LogP contribution is -2.61. The Labute approximate surface area is 128 Å². The SMILES string of the molecule is CCOCCSCC1=C(C(=O)O)N2C(=O)[C@H](C(C)O)[C@H]2C1. The van der Waals surface area contributed by atoms with Crippen molar-refractivity contribution >= 4 is 23.6 Å². The number of carboxylic acid groups (broad SMARTS) is 1. The quantitative estimate of drug-likeness (QED) is 0.507. The highest BCUT2D eigenvalue weighted by molar-refractivity contribution is 7.99. The Morgan fingerprint density at radius 1 is 1.57 bits per heavy atom. The normalized spacial score (nSPS) is 25.9. The van der Waals surface area contributed by atoms with Crippen LogP contribution >= 0.6 is 11.8 Å². The van der Waals surface area contributed by atoms with Gasteiger partial charge in [-0.15, -0.1) is 0 Å². The Bertz CT molecular complexity index is 462. The third-order valence-electron chi connectivity index (χ3n) is 3.87. The molecule has 2 aliphatic rings. The zero-order valence-electron chi connectivity index (χ0n) is 12.2. The molecule has 2 aliphatic heterocycles. The third-order valence-corrected chi connectivity index (χ3v) is 4.88. The number of carboxylic acids is 1. The number of carbonyl (C=O) groups excluding carboxylic acids is 1. The summed E-state index contributed by atoms with van der Waals surface area (Å²) < 4.78 is 5.24. The molecule has 1 amide bonds. The van der Waals surface area contributed by atoms with Crippen LogP contribution in [0.4, 0.5) is 0 Å². The van der Waals surface area contributed by atoms with Crippen molar-refractivity contribution in [2.24, 2.45) is 5.92 Å². The zero-order valence-corrected chi connectivity index (χ0v) is 13.1. The summed E-state index contributed by atoms with van der Waals surface area (Å²) in [5.41, 5.74) is 0.899. The van der Waals surface area contributed by atoms with Crippen LogP contribution in [-0.4, -0.2) is 63.9 Å². The number of aliphatic hydroxyl groups is 1. The van der Waals surface area contributed by atoms with E-state index in [-0.39, 0.29) is 17.6 Å². The summed E-state index contributed by atoms with van der Waals surface area (Å²) in [5.74, 6) is -0.424. The molecule has 21 heavy (non-hydrogen) atoms. The van der Waals surface area contributed by atoms with E-state index in [1.807, 2.05) is 6.92 Å². The number of ether oxygens (including phenoxy) is 1. The average Bonchev–Trinajstić information content (AvgIpc) is 2.72. The number of thioether (sulfide) groups is 1. The third kappa shape index (κ3) is 3.09. The number of β-lactam (4-membered cyclic amide) rings is 1. The van der Waals surface area contributed by atoms with E-state index >= 15 is 0 Å². The lowest BCUT2D eigenvalue weighted by molar-refractivity contribution is -0.161. The first-order chi connectivity index (χ1) is 9.99. The van der Waals surface area contributed by atoms with E-state index in [0.717, 1.165) is 11.3 Å². The second-order valence-electron chi connectivity index (χ2n) is 5.25. The van der Waals surface area contributed by atoms with Gasteiger partial charge in [0, 0.05) is 18.1 Å². The van der Waals surface area contributed by atoms with Crippen molar-refractivity contribution in [2.75, 3.05) is 24.7 Å². The van der Waals surface area contributed by atoms with Gasteiger partial charge >= 0.3 is 5.97 Å². The maximum absolute atomic E-state index is 12.0. The van der Waals surface area contributed by atoms with Crippen LogP contribution < -0.4 is 0 Å². The summed E-state index contributed by atoms with van der Waals surface area (Å²) in [6, 6.07) is -0.189. The summed E-state index contributed by atoms with van der Waals surface area (Å²) in [7, 11) is 0. The number of carbonyl (C=O) groups is 2. The predicted molar refractivity (Wildman–Crippen MR) is 78.9 cm³/mol. The van der Waals surface area contributed by atoms with Crippen LogP contribution in [-0.2, 0) is 14.3 Å². The van der Waals surface area contributed by atoms with Gasteiger partial charge in [-0.25, -0.2) is 4.79 Å². The molecule has 0 aromatic heterocycles. The molecule has 1 fully saturated rings. The first-order valence-corrected chi connectivity index (χ1v) is 8.26. The highest BCUT2D eigenvalue weighted by Crippen LogP contribution is 2.44. The van der Waals surface area contributed by atoms with Crippen molar-refractivity contribution < 1.29 is 24.5 Å². The molecule has 3 atom stereocenters. The second-order valence-corrected chi connectivity index (χ2v) is 6.36. The summed E-state index contributed by atoms with van der Waals surface area (Å²) >= 11 is 1.61. The van der Waals surface area contributed by atoms with Crippen molar-refractivity contribution in [1.82, 2.24) is 4.90 Å². The average molecular weight is 315 g/mol. The van der Waals surface area contributed by atoms with Gasteiger partial charge < -0.3 is 19.8 Å². The van der Waals surface area contributed by atoms with Crippen molar-refractivity contribution in [2.45, 2.75) is 32.4 Å². The Kier molecular flexibility index (Phi) is 5.29. The van der Waals surface area contributed by atoms with E-state index in [1.165, 1.54) is 4.90 Å². The summed E-state index contributed by atoms with van der Waals surface area (Å²) in [4.78, 5) is 24.8. The highest BCUT2D eigenvalue weighted by atomic mass is 32.2. The minimum absolute atomic E-state index is 0.116. The first kappa shape index (κ1) is 16.3. The molecule has 0 aliphatic carbocycles. The Balaban J connectivity index is 2.00. The Hall–Kier alpha value is -1.05. The molecule has 0 spiro atoms. The van der Waals surface area contributed by atoms with Crippen molar-refractivity contribution in [3.8, 4) is 0 Å². The number of hydrogen-bond acceptors (Lipinski definition) is 5.